The van der Waals surface area contributed by atoms with Crippen molar-refractivity contribution in [1.29, 1.82) is 0 Å². The molecular formula is C12H26N2. The molecular weight excluding hydrogens is 172 g/mol. The predicted octanol–water partition coefficient (Wildman–Crippen LogP) is 2.01. The first-order valence-corrected chi connectivity index (χ1v) is 6.18. The van der Waals surface area contributed by atoms with Crippen LogP contribution in [0, 0.1) is 11.8 Å². The second-order valence-corrected chi connectivity index (χ2v) is 4.79. The van der Waals surface area contributed by atoms with Crippen LogP contribution in [0.2, 0.25) is 0 Å². The Hall–Kier alpha value is -0.0800. The fraction of sp³-hybridized carbons (Fsp3) is 1.00. The van der Waals surface area contributed by atoms with Crippen molar-refractivity contribution in [2.24, 2.45) is 11.8 Å². The summed E-state index contributed by atoms with van der Waals surface area (Å²) in [4.78, 5) is 0. The summed E-state index contributed by atoms with van der Waals surface area (Å²) >= 11 is 0. The monoisotopic (exact) mass is 198 g/mol. The molecule has 1 aliphatic carbocycles. The average Bonchev–Trinajstić information content (AvgIpc) is 2.58. The van der Waals surface area contributed by atoms with Crippen molar-refractivity contribution in [3.05, 3.63) is 0 Å². The standard InChI is InChI=1S/C12H26N2/c1-4-13-8-11(3)14-9-12-7-5-6-10(12)2/h10-14H,4-9H2,1-3H3. The molecule has 0 saturated heterocycles. The summed E-state index contributed by atoms with van der Waals surface area (Å²) < 4.78 is 0. The highest BCUT2D eigenvalue weighted by Gasteiger charge is 2.22. The van der Waals surface area contributed by atoms with Crippen LogP contribution in [0.5, 0.6) is 0 Å². The highest BCUT2D eigenvalue weighted by molar-refractivity contribution is 4.77. The largest absolute Gasteiger partial charge is 0.315 e. The normalized spacial score (nSPS) is 29.4. The topological polar surface area (TPSA) is 24.1 Å². The van der Waals surface area contributed by atoms with Gasteiger partial charge >= 0.3 is 0 Å². The molecule has 2 nitrogen and oxygen atoms in total. The third kappa shape index (κ3) is 3.97. The number of likely N-dealkylation sites (N-methyl/N-ethyl adjacent to an activating group) is 1. The minimum absolute atomic E-state index is 0.614. The van der Waals surface area contributed by atoms with E-state index in [1.54, 1.807) is 0 Å². The second kappa shape index (κ2) is 6.41. The van der Waals surface area contributed by atoms with E-state index in [0.717, 1.165) is 24.9 Å². The summed E-state index contributed by atoms with van der Waals surface area (Å²) in [7, 11) is 0. The predicted molar refractivity (Wildman–Crippen MR) is 62.5 cm³/mol. The van der Waals surface area contributed by atoms with Gasteiger partial charge in [0.15, 0.2) is 0 Å². The van der Waals surface area contributed by atoms with Crippen molar-refractivity contribution in [2.75, 3.05) is 19.6 Å². The third-order valence-electron chi connectivity index (χ3n) is 3.47. The van der Waals surface area contributed by atoms with Gasteiger partial charge in [-0.15, -0.1) is 0 Å². The molecule has 0 bridgehead atoms. The molecule has 0 aromatic rings. The maximum absolute atomic E-state index is 3.63. The first-order chi connectivity index (χ1) is 6.74. The van der Waals surface area contributed by atoms with E-state index in [2.05, 4.69) is 31.4 Å². The van der Waals surface area contributed by atoms with E-state index in [-0.39, 0.29) is 0 Å². The molecule has 1 saturated carbocycles. The summed E-state index contributed by atoms with van der Waals surface area (Å²) in [6.07, 6.45) is 4.31. The maximum atomic E-state index is 3.63. The Morgan fingerprint density at radius 3 is 2.71 bits per heavy atom. The minimum Gasteiger partial charge on any atom is -0.315 e. The smallest absolute Gasteiger partial charge is 0.0164 e. The van der Waals surface area contributed by atoms with Crippen molar-refractivity contribution < 1.29 is 0 Å². The molecule has 2 N–H and O–H groups in total. The molecule has 0 aromatic heterocycles. The summed E-state index contributed by atoms with van der Waals surface area (Å²) in [5.41, 5.74) is 0. The van der Waals surface area contributed by atoms with Crippen molar-refractivity contribution in [3.63, 3.8) is 0 Å². The van der Waals surface area contributed by atoms with Crippen LogP contribution in [0.1, 0.15) is 40.0 Å². The van der Waals surface area contributed by atoms with Gasteiger partial charge < -0.3 is 10.6 Å². The minimum atomic E-state index is 0.614. The zero-order valence-electron chi connectivity index (χ0n) is 9.97. The van der Waals surface area contributed by atoms with Crippen LogP contribution in [0.15, 0.2) is 0 Å². The lowest BCUT2D eigenvalue weighted by molar-refractivity contribution is 0.368. The lowest BCUT2D eigenvalue weighted by Crippen LogP contribution is -2.39. The van der Waals surface area contributed by atoms with Gasteiger partial charge in [-0.05, 0) is 38.3 Å². The Kier molecular flexibility index (Phi) is 5.49. The van der Waals surface area contributed by atoms with E-state index in [9.17, 15) is 0 Å². The van der Waals surface area contributed by atoms with Gasteiger partial charge in [0.25, 0.3) is 0 Å². The molecule has 0 spiro atoms. The molecule has 0 radical (unpaired) electrons. The Morgan fingerprint density at radius 1 is 1.36 bits per heavy atom. The van der Waals surface area contributed by atoms with Crippen LogP contribution in [-0.2, 0) is 0 Å². The van der Waals surface area contributed by atoms with E-state index in [1.807, 2.05) is 0 Å². The van der Waals surface area contributed by atoms with Crippen LogP contribution in [-0.4, -0.2) is 25.7 Å². The Bertz CT molecular complexity index is 147. The molecule has 1 rings (SSSR count). The fourth-order valence-electron chi connectivity index (χ4n) is 2.31. The number of nitrogens with one attached hydrogen (secondary N) is 2. The molecule has 2 heteroatoms. The van der Waals surface area contributed by atoms with Crippen LogP contribution in [0.25, 0.3) is 0 Å². The van der Waals surface area contributed by atoms with Crippen LogP contribution in [0.4, 0.5) is 0 Å². The number of rotatable bonds is 6. The summed E-state index contributed by atoms with van der Waals surface area (Å²) in [6.45, 7) is 10.2. The molecule has 0 aliphatic heterocycles. The van der Waals surface area contributed by atoms with E-state index in [1.165, 1.54) is 25.8 Å². The zero-order valence-corrected chi connectivity index (χ0v) is 9.97. The lowest BCUT2D eigenvalue weighted by Gasteiger charge is -2.20. The van der Waals surface area contributed by atoms with Crippen LogP contribution >= 0.6 is 0 Å². The quantitative estimate of drug-likeness (QED) is 0.682. The molecule has 0 aromatic carbocycles. The molecule has 0 amide bonds. The number of hydrogen-bond donors (Lipinski definition) is 2. The summed E-state index contributed by atoms with van der Waals surface area (Å²) in [6, 6.07) is 0.614. The molecule has 1 fully saturated rings. The van der Waals surface area contributed by atoms with Gasteiger partial charge in [0.05, 0.1) is 0 Å². The molecule has 3 unspecified atom stereocenters. The lowest BCUT2D eigenvalue weighted by atomic mass is 9.98. The molecule has 3 atom stereocenters. The van der Waals surface area contributed by atoms with E-state index < -0.39 is 0 Å². The van der Waals surface area contributed by atoms with Crippen molar-refractivity contribution in [3.8, 4) is 0 Å². The molecule has 84 valence electrons. The first kappa shape index (κ1) is 12.0. The third-order valence-corrected chi connectivity index (χ3v) is 3.47. The van der Waals surface area contributed by atoms with Crippen molar-refractivity contribution in [1.82, 2.24) is 10.6 Å². The Morgan fingerprint density at radius 2 is 2.14 bits per heavy atom. The average molecular weight is 198 g/mol. The van der Waals surface area contributed by atoms with Crippen LogP contribution in [0.3, 0.4) is 0 Å². The van der Waals surface area contributed by atoms with E-state index in [4.69, 9.17) is 0 Å². The molecule has 1 aliphatic rings. The van der Waals surface area contributed by atoms with Gasteiger partial charge in [0.1, 0.15) is 0 Å². The Balaban J connectivity index is 2.07. The summed E-state index contributed by atoms with van der Waals surface area (Å²) in [5, 5.41) is 7.00. The van der Waals surface area contributed by atoms with Gasteiger partial charge in [-0.1, -0.05) is 26.7 Å². The summed E-state index contributed by atoms with van der Waals surface area (Å²) in [5.74, 6) is 1.87. The van der Waals surface area contributed by atoms with E-state index in [0.29, 0.717) is 6.04 Å². The van der Waals surface area contributed by atoms with Gasteiger partial charge in [0.2, 0.25) is 0 Å². The fourth-order valence-corrected chi connectivity index (χ4v) is 2.31. The number of hydrogen-bond acceptors (Lipinski definition) is 2. The van der Waals surface area contributed by atoms with Gasteiger partial charge in [-0.3, -0.25) is 0 Å². The van der Waals surface area contributed by atoms with Crippen molar-refractivity contribution in [2.45, 2.75) is 46.1 Å². The second-order valence-electron chi connectivity index (χ2n) is 4.79. The van der Waals surface area contributed by atoms with Gasteiger partial charge in [-0.2, -0.15) is 0 Å². The van der Waals surface area contributed by atoms with Gasteiger partial charge in [-0.25, -0.2) is 0 Å². The SMILES string of the molecule is CCNCC(C)NCC1CCCC1C. The maximum Gasteiger partial charge on any atom is 0.0164 e. The highest BCUT2D eigenvalue weighted by Crippen LogP contribution is 2.30. The highest BCUT2D eigenvalue weighted by atomic mass is 15.0. The zero-order chi connectivity index (χ0) is 10.4. The van der Waals surface area contributed by atoms with Gasteiger partial charge in [0, 0.05) is 12.6 Å². The first-order valence-electron chi connectivity index (χ1n) is 6.18. The Labute approximate surface area is 88.8 Å². The molecule has 14 heavy (non-hydrogen) atoms. The van der Waals surface area contributed by atoms with Crippen LogP contribution < -0.4 is 10.6 Å². The van der Waals surface area contributed by atoms with E-state index >= 15 is 0 Å². The van der Waals surface area contributed by atoms with Crippen molar-refractivity contribution >= 4 is 0 Å². The molecule has 0 heterocycles.